The van der Waals surface area contributed by atoms with E-state index in [9.17, 15) is 28.0 Å². The molecule has 0 saturated carbocycles. The lowest BCUT2D eigenvalue weighted by molar-refractivity contribution is -0.166. The second kappa shape index (κ2) is 14.0. The summed E-state index contributed by atoms with van der Waals surface area (Å²) in [5.74, 6) is -0.933. The molecule has 4 atom stereocenters. The van der Waals surface area contributed by atoms with Crippen molar-refractivity contribution in [3.05, 3.63) is 58.5 Å². The van der Waals surface area contributed by atoms with E-state index in [-0.39, 0.29) is 16.7 Å². The summed E-state index contributed by atoms with van der Waals surface area (Å²) >= 11 is 1.41. The van der Waals surface area contributed by atoms with Crippen LogP contribution in [0.15, 0.2) is 63.4 Å². The SMILES string of the molecule is CCCCOC(=O)C1=CCC(NC(=O)OC2C3=C(CC(C)S3)CN(S(=O)(=O)c3ccc(OC)cc3)C2C(=O)N(C)O)C=C1. The maximum atomic E-state index is 13.9. The molecule has 1 aromatic rings. The van der Waals surface area contributed by atoms with E-state index >= 15 is 0 Å². The number of esters is 1. The number of unbranched alkanes of at least 4 members (excludes halogenated alkanes) is 1. The maximum absolute atomic E-state index is 13.9. The second-order valence-corrected chi connectivity index (χ2v) is 13.8. The lowest BCUT2D eigenvalue weighted by Gasteiger charge is -2.40. The van der Waals surface area contributed by atoms with Crippen LogP contribution in [0.5, 0.6) is 5.75 Å². The monoisotopic (exact) mass is 635 g/mol. The number of amides is 2. The number of likely N-dealkylation sites (N-methyl/N-ethyl adjacent to an activating group) is 1. The van der Waals surface area contributed by atoms with Gasteiger partial charge < -0.3 is 19.5 Å². The van der Waals surface area contributed by atoms with Gasteiger partial charge in [0.1, 0.15) is 11.8 Å². The molecule has 0 radical (unpaired) electrons. The molecule has 14 heteroatoms. The number of carbonyl (C=O) groups is 3. The molecular weight excluding hydrogens is 598 g/mol. The van der Waals surface area contributed by atoms with Crippen LogP contribution in [0.25, 0.3) is 0 Å². The van der Waals surface area contributed by atoms with E-state index in [1.165, 1.54) is 43.1 Å². The summed E-state index contributed by atoms with van der Waals surface area (Å²) in [4.78, 5) is 39.3. The van der Waals surface area contributed by atoms with Gasteiger partial charge in [0.15, 0.2) is 6.10 Å². The molecule has 234 valence electrons. The third kappa shape index (κ3) is 7.43. The van der Waals surface area contributed by atoms with Gasteiger partial charge in [0.2, 0.25) is 10.0 Å². The molecule has 2 N–H and O–H groups in total. The van der Waals surface area contributed by atoms with Gasteiger partial charge in [-0.3, -0.25) is 10.0 Å². The Bertz CT molecular complexity index is 1420. The van der Waals surface area contributed by atoms with Crippen molar-refractivity contribution in [1.82, 2.24) is 14.7 Å². The topological polar surface area (TPSA) is 152 Å². The quantitative estimate of drug-likeness (QED) is 0.169. The standard InChI is InChI=1S/C29H37N3O9S2/c1-5-6-15-40-28(34)19-7-9-21(10-8-19)30-29(35)41-25-24(27(33)31(3)36)32(17-20-16-18(2)42-26(20)25)43(37,38)23-13-11-22(39-4)12-14-23/h7-9,11-14,18,21,24-25,36H,5-6,10,15-17H2,1-4H3,(H,30,35). The molecule has 1 aromatic carbocycles. The van der Waals surface area contributed by atoms with Crippen LogP contribution in [0.2, 0.25) is 0 Å². The van der Waals surface area contributed by atoms with Crippen LogP contribution in [0.4, 0.5) is 4.79 Å². The number of carbonyl (C=O) groups excluding carboxylic acids is 3. The normalized spacial score (nSPS) is 23.7. The molecule has 2 heterocycles. The number of alkyl carbamates (subject to hydrolysis) is 1. The van der Waals surface area contributed by atoms with E-state index in [4.69, 9.17) is 14.2 Å². The molecule has 0 fully saturated rings. The molecule has 0 saturated heterocycles. The number of nitrogens with one attached hydrogen (secondary N) is 1. The summed E-state index contributed by atoms with van der Waals surface area (Å²) in [6.07, 6.45) is 5.19. The molecule has 4 unspecified atom stereocenters. The largest absolute Gasteiger partial charge is 0.497 e. The van der Waals surface area contributed by atoms with Crippen LogP contribution in [0.3, 0.4) is 0 Å². The highest BCUT2D eigenvalue weighted by Crippen LogP contribution is 2.46. The fourth-order valence-electron chi connectivity index (χ4n) is 5.03. The number of hydrogen-bond acceptors (Lipinski definition) is 10. The van der Waals surface area contributed by atoms with Crippen molar-refractivity contribution >= 4 is 39.8 Å². The summed E-state index contributed by atoms with van der Waals surface area (Å²) in [5, 5.41) is 13.2. The van der Waals surface area contributed by atoms with Crippen LogP contribution in [0.1, 0.15) is 39.5 Å². The van der Waals surface area contributed by atoms with Crippen molar-refractivity contribution in [3.63, 3.8) is 0 Å². The van der Waals surface area contributed by atoms with Gasteiger partial charge in [0.05, 0.1) is 30.2 Å². The van der Waals surface area contributed by atoms with Crippen LogP contribution in [-0.4, -0.2) is 91.7 Å². The highest BCUT2D eigenvalue weighted by atomic mass is 32.2. The van der Waals surface area contributed by atoms with Crippen molar-refractivity contribution in [2.75, 3.05) is 27.3 Å². The third-order valence-electron chi connectivity index (χ3n) is 7.25. The molecule has 1 aliphatic carbocycles. The fourth-order valence-corrected chi connectivity index (χ4v) is 7.95. The van der Waals surface area contributed by atoms with E-state index < -0.39 is 46.2 Å². The number of rotatable bonds is 10. The average Bonchev–Trinajstić information content (AvgIpc) is 3.37. The van der Waals surface area contributed by atoms with Crippen LogP contribution in [-0.2, 0) is 29.1 Å². The molecule has 0 spiro atoms. The molecule has 4 rings (SSSR count). The highest BCUT2D eigenvalue weighted by molar-refractivity contribution is 8.04. The number of ether oxygens (including phenoxy) is 3. The summed E-state index contributed by atoms with van der Waals surface area (Å²) in [6.45, 7) is 4.19. The van der Waals surface area contributed by atoms with Crippen molar-refractivity contribution < 1.29 is 42.2 Å². The van der Waals surface area contributed by atoms with Gasteiger partial charge in [-0.2, -0.15) is 4.31 Å². The van der Waals surface area contributed by atoms with E-state index in [1.807, 2.05) is 13.8 Å². The first kappa shape index (κ1) is 32.6. The van der Waals surface area contributed by atoms with Gasteiger partial charge in [0, 0.05) is 23.7 Å². The van der Waals surface area contributed by atoms with Gasteiger partial charge in [-0.25, -0.2) is 23.1 Å². The first-order chi connectivity index (χ1) is 20.5. The first-order valence-corrected chi connectivity index (χ1v) is 16.3. The molecule has 12 nitrogen and oxygen atoms in total. The molecule has 43 heavy (non-hydrogen) atoms. The van der Waals surface area contributed by atoms with Gasteiger partial charge in [-0.15, -0.1) is 11.8 Å². The zero-order chi connectivity index (χ0) is 31.3. The summed E-state index contributed by atoms with van der Waals surface area (Å²) < 4.78 is 45.0. The van der Waals surface area contributed by atoms with Gasteiger partial charge >= 0.3 is 12.1 Å². The Balaban J connectivity index is 1.57. The number of benzene rings is 1. The second-order valence-electron chi connectivity index (χ2n) is 10.5. The minimum Gasteiger partial charge on any atom is -0.497 e. The van der Waals surface area contributed by atoms with Crippen LogP contribution >= 0.6 is 11.8 Å². The van der Waals surface area contributed by atoms with Crippen LogP contribution in [0, 0.1) is 0 Å². The Morgan fingerprint density at radius 1 is 1.21 bits per heavy atom. The average molecular weight is 636 g/mol. The van der Waals surface area contributed by atoms with Crippen molar-refractivity contribution in [1.29, 1.82) is 0 Å². The summed E-state index contributed by atoms with van der Waals surface area (Å²) in [6, 6.07) is 3.65. The Kier molecular flexibility index (Phi) is 10.6. The van der Waals surface area contributed by atoms with Crippen LogP contribution < -0.4 is 10.1 Å². The number of sulfonamides is 1. The van der Waals surface area contributed by atoms with Crippen molar-refractivity contribution in [2.24, 2.45) is 0 Å². The molecule has 3 aliphatic rings. The van der Waals surface area contributed by atoms with E-state index in [2.05, 4.69) is 5.32 Å². The van der Waals surface area contributed by atoms with Gasteiger partial charge in [0.25, 0.3) is 5.91 Å². The van der Waals surface area contributed by atoms with E-state index in [0.29, 0.717) is 40.7 Å². The number of thioether (sulfide) groups is 1. The zero-order valence-corrected chi connectivity index (χ0v) is 26.2. The molecular formula is C29H37N3O9S2. The van der Waals surface area contributed by atoms with Crippen molar-refractivity contribution in [2.45, 2.75) is 67.9 Å². The zero-order valence-electron chi connectivity index (χ0n) is 24.5. The van der Waals surface area contributed by atoms with Gasteiger partial charge in [-0.1, -0.05) is 32.4 Å². The lowest BCUT2D eigenvalue weighted by atomic mass is 9.98. The lowest BCUT2D eigenvalue weighted by Crippen LogP contribution is -2.59. The predicted molar refractivity (Wildman–Crippen MR) is 159 cm³/mol. The predicted octanol–water partition coefficient (Wildman–Crippen LogP) is 3.39. The summed E-state index contributed by atoms with van der Waals surface area (Å²) in [7, 11) is -1.74. The fraction of sp³-hybridized carbons (Fsp3) is 0.483. The number of hydrogen-bond donors (Lipinski definition) is 2. The number of nitrogens with zero attached hydrogens (tertiary/aromatic N) is 2. The summed E-state index contributed by atoms with van der Waals surface area (Å²) in [5.41, 5.74) is 1.13. The van der Waals surface area contributed by atoms with E-state index in [0.717, 1.165) is 29.8 Å². The maximum Gasteiger partial charge on any atom is 0.408 e. The Morgan fingerprint density at radius 3 is 2.53 bits per heavy atom. The smallest absolute Gasteiger partial charge is 0.408 e. The Morgan fingerprint density at radius 2 is 1.93 bits per heavy atom. The molecule has 2 aliphatic heterocycles. The minimum absolute atomic E-state index is 0.0623. The third-order valence-corrected chi connectivity index (χ3v) is 10.4. The Hall–Kier alpha value is -3.33. The number of methoxy groups -OCH3 is 1. The minimum atomic E-state index is -4.29. The molecule has 0 bridgehead atoms. The van der Waals surface area contributed by atoms with E-state index in [1.54, 1.807) is 18.2 Å². The molecule has 2 amide bonds. The van der Waals surface area contributed by atoms with Gasteiger partial charge in [-0.05, 0) is 55.2 Å². The molecule has 0 aromatic heterocycles. The first-order valence-electron chi connectivity index (χ1n) is 14.0. The highest BCUT2D eigenvalue weighted by Gasteiger charge is 2.51. The Labute approximate surface area is 255 Å². The van der Waals surface area contributed by atoms with Crippen molar-refractivity contribution in [3.8, 4) is 5.75 Å². The number of hydroxylamine groups is 2.